The van der Waals surface area contributed by atoms with Crippen LogP contribution in [0, 0.1) is 19.8 Å². The zero-order valence-electron chi connectivity index (χ0n) is 12.6. The molecule has 1 aromatic rings. The molecule has 1 aliphatic heterocycles. The van der Waals surface area contributed by atoms with Crippen LogP contribution in [0.25, 0.3) is 0 Å². The van der Waals surface area contributed by atoms with Gasteiger partial charge in [-0.1, -0.05) is 6.07 Å². The SMILES string of the molecule is Cc1ccc(SCC(=O)N2CCCC(C(N)=O)C2)cc1C. The van der Waals surface area contributed by atoms with Crippen LogP contribution in [-0.4, -0.2) is 35.6 Å². The minimum atomic E-state index is -0.297. The van der Waals surface area contributed by atoms with Crippen molar-refractivity contribution < 1.29 is 9.59 Å². The number of amides is 2. The molecule has 4 nitrogen and oxygen atoms in total. The molecule has 1 fully saturated rings. The van der Waals surface area contributed by atoms with Gasteiger partial charge >= 0.3 is 0 Å². The van der Waals surface area contributed by atoms with Gasteiger partial charge in [0.15, 0.2) is 0 Å². The number of aryl methyl sites for hydroxylation is 2. The minimum Gasteiger partial charge on any atom is -0.369 e. The third kappa shape index (κ3) is 4.24. The molecule has 1 aliphatic rings. The first-order valence-corrected chi connectivity index (χ1v) is 8.23. The van der Waals surface area contributed by atoms with Gasteiger partial charge < -0.3 is 10.6 Å². The maximum absolute atomic E-state index is 12.2. The number of hydrogen-bond donors (Lipinski definition) is 1. The van der Waals surface area contributed by atoms with E-state index in [-0.39, 0.29) is 17.7 Å². The fourth-order valence-electron chi connectivity index (χ4n) is 2.48. The van der Waals surface area contributed by atoms with Crippen LogP contribution >= 0.6 is 11.8 Å². The van der Waals surface area contributed by atoms with Crippen molar-refractivity contribution in [3.8, 4) is 0 Å². The lowest BCUT2D eigenvalue weighted by Crippen LogP contribution is -2.44. The predicted molar refractivity (Wildman–Crippen MR) is 85.1 cm³/mol. The molecule has 0 spiro atoms. The Kier molecular flexibility index (Phi) is 5.28. The Morgan fingerprint density at radius 2 is 2.10 bits per heavy atom. The molecule has 21 heavy (non-hydrogen) atoms. The minimum absolute atomic E-state index is 0.0872. The zero-order valence-corrected chi connectivity index (χ0v) is 13.4. The van der Waals surface area contributed by atoms with Crippen LogP contribution in [0.1, 0.15) is 24.0 Å². The van der Waals surface area contributed by atoms with Crippen LogP contribution in [0.4, 0.5) is 0 Å². The highest BCUT2D eigenvalue weighted by Gasteiger charge is 2.26. The molecule has 1 atom stereocenters. The van der Waals surface area contributed by atoms with Gasteiger partial charge in [0.25, 0.3) is 0 Å². The number of nitrogens with two attached hydrogens (primary N) is 1. The molecule has 1 saturated heterocycles. The topological polar surface area (TPSA) is 63.4 Å². The summed E-state index contributed by atoms with van der Waals surface area (Å²) >= 11 is 1.55. The van der Waals surface area contributed by atoms with Gasteiger partial charge in [-0.15, -0.1) is 11.8 Å². The average Bonchev–Trinajstić information content (AvgIpc) is 2.48. The highest BCUT2D eigenvalue weighted by molar-refractivity contribution is 8.00. The van der Waals surface area contributed by atoms with Crippen molar-refractivity contribution in [2.75, 3.05) is 18.8 Å². The highest BCUT2D eigenvalue weighted by atomic mass is 32.2. The van der Waals surface area contributed by atoms with Gasteiger partial charge in [0, 0.05) is 18.0 Å². The molecular weight excluding hydrogens is 284 g/mol. The molecule has 5 heteroatoms. The quantitative estimate of drug-likeness (QED) is 0.867. The summed E-state index contributed by atoms with van der Waals surface area (Å²) in [7, 11) is 0. The van der Waals surface area contributed by atoms with Crippen LogP contribution in [0.5, 0.6) is 0 Å². The number of thioether (sulfide) groups is 1. The fraction of sp³-hybridized carbons (Fsp3) is 0.500. The van der Waals surface area contributed by atoms with Crippen molar-refractivity contribution in [3.63, 3.8) is 0 Å². The average molecular weight is 306 g/mol. The number of primary amides is 1. The van der Waals surface area contributed by atoms with Crippen LogP contribution < -0.4 is 5.73 Å². The number of rotatable bonds is 4. The second-order valence-electron chi connectivity index (χ2n) is 5.62. The van der Waals surface area contributed by atoms with E-state index in [2.05, 4.69) is 26.0 Å². The van der Waals surface area contributed by atoms with Crippen molar-refractivity contribution in [2.45, 2.75) is 31.6 Å². The summed E-state index contributed by atoms with van der Waals surface area (Å²) in [4.78, 5) is 26.4. The van der Waals surface area contributed by atoms with Crippen LogP contribution in [-0.2, 0) is 9.59 Å². The molecule has 0 bridgehead atoms. The van der Waals surface area contributed by atoms with E-state index < -0.39 is 0 Å². The number of nitrogens with zero attached hydrogens (tertiary/aromatic N) is 1. The lowest BCUT2D eigenvalue weighted by Gasteiger charge is -2.31. The van der Waals surface area contributed by atoms with Crippen molar-refractivity contribution in [1.29, 1.82) is 0 Å². The van der Waals surface area contributed by atoms with Gasteiger partial charge in [0.05, 0.1) is 11.7 Å². The molecule has 2 amide bonds. The van der Waals surface area contributed by atoms with E-state index in [9.17, 15) is 9.59 Å². The van der Waals surface area contributed by atoms with E-state index in [1.165, 1.54) is 11.1 Å². The van der Waals surface area contributed by atoms with Gasteiger partial charge in [-0.2, -0.15) is 0 Å². The van der Waals surface area contributed by atoms with Gasteiger partial charge in [0.1, 0.15) is 0 Å². The second kappa shape index (κ2) is 6.98. The monoisotopic (exact) mass is 306 g/mol. The maximum Gasteiger partial charge on any atom is 0.232 e. The molecule has 114 valence electrons. The normalized spacial score (nSPS) is 18.6. The van der Waals surface area contributed by atoms with Gasteiger partial charge in [-0.05, 0) is 49.9 Å². The number of piperidine rings is 1. The van der Waals surface area contributed by atoms with Crippen LogP contribution in [0.2, 0.25) is 0 Å². The first-order valence-electron chi connectivity index (χ1n) is 7.24. The standard InChI is InChI=1S/C16H22N2O2S/c1-11-5-6-14(8-12(11)2)21-10-15(19)18-7-3-4-13(9-18)16(17)20/h5-6,8,13H,3-4,7,9-10H2,1-2H3,(H2,17,20). The van der Waals surface area contributed by atoms with Gasteiger partial charge in [-0.3, -0.25) is 9.59 Å². The van der Waals surface area contributed by atoms with Crippen molar-refractivity contribution in [2.24, 2.45) is 11.7 Å². The molecular formula is C16H22N2O2S. The second-order valence-corrected chi connectivity index (χ2v) is 6.66. The molecule has 1 unspecified atom stereocenters. The predicted octanol–water partition coefficient (Wildman–Crippen LogP) is 2.12. The van der Waals surface area contributed by atoms with Crippen LogP contribution in [0.3, 0.4) is 0 Å². The third-order valence-corrected chi connectivity index (χ3v) is 5.00. The van der Waals surface area contributed by atoms with E-state index >= 15 is 0 Å². The van der Waals surface area contributed by atoms with E-state index in [4.69, 9.17) is 5.73 Å². The molecule has 0 aliphatic carbocycles. The summed E-state index contributed by atoms with van der Waals surface area (Å²) in [6.45, 7) is 5.35. The Morgan fingerprint density at radius 1 is 1.33 bits per heavy atom. The van der Waals surface area contributed by atoms with E-state index in [0.717, 1.165) is 24.3 Å². The number of likely N-dealkylation sites (tertiary alicyclic amines) is 1. The summed E-state index contributed by atoms with van der Waals surface area (Å²) in [6, 6.07) is 6.23. The number of carbonyl (C=O) groups is 2. The summed E-state index contributed by atoms with van der Waals surface area (Å²) in [5, 5.41) is 0. The molecule has 2 rings (SSSR count). The lowest BCUT2D eigenvalue weighted by atomic mass is 9.97. The van der Waals surface area contributed by atoms with Crippen molar-refractivity contribution >= 4 is 23.6 Å². The Hall–Kier alpha value is -1.49. The zero-order chi connectivity index (χ0) is 15.4. The molecule has 2 N–H and O–H groups in total. The number of hydrogen-bond acceptors (Lipinski definition) is 3. The van der Waals surface area contributed by atoms with E-state index in [1.807, 2.05) is 6.07 Å². The van der Waals surface area contributed by atoms with E-state index in [1.54, 1.807) is 16.7 Å². The summed E-state index contributed by atoms with van der Waals surface area (Å²) in [5.41, 5.74) is 7.83. The molecule has 0 saturated carbocycles. The van der Waals surface area contributed by atoms with Gasteiger partial charge in [0.2, 0.25) is 11.8 Å². The first kappa shape index (κ1) is 15.9. The first-order chi connectivity index (χ1) is 9.97. The summed E-state index contributed by atoms with van der Waals surface area (Å²) in [6.07, 6.45) is 1.65. The molecule has 1 heterocycles. The summed E-state index contributed by atoms with van der Waals surface area (Å²) < 4.78 is 0. The Morgan fingerprint density at radius 3 is 2.76 bits per heavy atom. The van der Waals surface area contributed by atoms with Crippen molar-refractivity contribution in [3.05, 3.63) is 29.3 Å². The van der Waals surface area contributed by atoms with E-state index in [0.29, 0.717) is 12.3 Å². The fourth-order valence-corrected chi connectivity index (χ4v) is 3.37. The Bertz CT molecular complexity index is 545. The smallest absolute Gasteiger partial charge is 0.232 e. The molecule has 0 radical (unpaired) electrons. The number of benzene rings is 1. The highest BCUT2D eigenvalue weighted by Crippen LogP contribution is 2.23. The van der Waals surface area contributed by atoms with Crippen molar-refractivity contribution in [1.82, 2.24) is 4.90 Å². The Labute approximate surface area is 130 Å². The third-order valence-electron chi connectivity index (χ3n) is 4.02. The largest absolute Gasteiger partial charge is 0.369 e. The Balaban J connectivity index is 1.89. The van der Waals surface area contributed by atoms with Gasteiger partial charge in [-0.25, -0.2) is 0 Å². The lowest BCUT2D eigenvalue weighted by molar-refractivity contribution is -0.132. The maximum atomic E-state index is 12.2. The summed E-state index contributed by atoms with van der Waals surface area (Å²) in [5.74, 6) is 0.0152. The molecule has 1 aromatic carbocycles. The van der Waals surface area contributed by atoms with Crippen LogP contribution in [0.15, 0.2) is 23.1 Å². The number of carbonyl (C=O) groups excluding carboxylic acids is 2. The molecule has 0 aromatic heterocycles.